The minimum Gasteiger partial charge on any atom is -0.468 e. The lowest BCUT2D eigenvalue weighted by Crippen LogP contribution is -2.49. The van der Waals surface area contributed by atoms with Crippen LogP contribution in [0.4, 0.5) is 0 Å². The van der Waals surface area contributed by atoms with Crippen LogP contribution in [0, 0.1) is 0 Å². The first-order valence-corrected chi connectivity index (χ1v) is 7.20. The van der Waals surface area contributed by atoms with Gasteiger partial charge in [0.25, 0.3) is 0 Å². The molecule has 1 saturated heterocycles. The van der Waals surface area contributed by atoms with E-state index in [0.717, 1.165) is 31.6 Å². The minimum atomic E-state index is -0.301. The molecular weight excluding hydrogens is 272 g/mol. The van der Waals surface area contributed by atoms with Crippen molar-refractivity contribution in [2.24, 2.45) is 0 Å². The van der Waals surface area contributed by atoms with Gasteiger partial charge in [-0.3, -0.25) is 14.5 Å². The molecule has 0 aliphatic carbocycles. The molecular formula is C15H22N2O4. The van der Waals surface area contributed by atoms with Crippen molar-refractivity contribution < 1.29 is 18.7 Å². The number of hydrogen-bond acceptors (Lipinski definition) is 5. The van der Waals surface area contributed by atoms with Gasteiger partial charge in [-0.2, -0.15) is 0 Å². The summed E-state index contributed by atoms with van der Waals surface area (Å²) in [6, 6.07) is 3.33. The van der Waals surface area contributed by atoms with Crippen molar-refractivity contribution in [3.8, 4) is 0 Å². The Balaban J connectivity index is 1.91. The average Bonchev–Trinajstić information content (AvgIpc) is 2.99. The number of nitrogens with zero attached hydrogens (tertiary/aromatic N) is 2. The van der Waals surface area contributed by atoms with Crippen LogP contribution in [0.3, 0.4) is 0 Å². The highest BCUT2D eigenvalue weighted by Gasteiger charge is 2.31. The molecule has 0 aromatic carbocycles. The van der Waals surface area contributed by atoms with Crippen LogP contribution in [0.2, 0.25) is 0 Å². The topological polar surface area (TPSA) is 63.0 Å². The van der Waals surface area contributed by atoms with Crippen molar-refractivity contribution in [2.45, 2.75) is 31.8 Å². The molecule has 1 fully saturated rings. The van der Waals surface area contributed by atoms with Gasteiger partial charge in [0.05, 0.1) is 26.5 Å². The van der Waals surface area contributed by atoms with Crippen LogP contribution >= 0.6 is 0 Å². The molecule has 21 heavy (non-hydrogen) atoms. The summed E-state index contributed by atoms with van der Waals surface area (Å²) in [6.07, 6.45) is 4.34. The van der Waals surface area contributed by atoms with E-state index < -0.39 is 0 Å². The number of furan rings is 1. The molecule has 1 atom stereocenters. The van der Waals surface area contributed by atoms with E-state index in [2.05, 4.69) is 0 Å². The molecule has 1 unspecified atom stereocenters. The third kappa shape index (κ3) is 4.07. The third-order valence-electron chi connectivity index (χ3n) is 3.82. The summed E-state index contributed by atoms with van der Waals surface area (Å²) >= 11 is 0. The minimum absolute atomic E-state index is 0.0257. The molecule has 1 aromatic heterocycles. The lowest BCUT2D eigenvalue weighted by Gasteiger charge is -2.34. The van der Waals surface area contributed by atoms with Gasteiger partial charge in [0.15, 0.2) is 0 Å². The van der Waals surface area contributed by atoms with Crippen molar-refractivity contribution in [3.05, 3.63) is 24.2 Å². The number of ether oxygens (including phenoxy) is 1. The van der Waals surface area contributed by atoms with Crippen LogP contribution in [0.25, 0.3) is 0 Å². The summed E-state index contributed by atoms with van der Waals surface area (Å²) in [5, 5.41) is 0. The zero-order valence-corrected chi connectivity index (χ0v) is 12.6. The van der Waals surface area contributed by atoms with Crippen molar-refractivity contribution in [2.75, 3.05) is 27.2 Å². The Hall–Kier alpha value is -1.82. The van der Waals surface area contributed by atoms with E-state index >= 15 is 0 Å². The average molecular weight is 294 g/mol. The fourth-order valence-electron chi connectivity index (χ4n) is 2.60. The highest BCUT2D eigenvalue weighted by molar-refractivity contribution is 5.80. The van der Waals surface area contributed by atoms with E-state index in [0.29, 0.717) is 6.54 Å². The second kappa shape index (κ2) is 7.26. The molecule has 0 N–H and O–H groups in total. The lowest BCUT2D eigenvalue weighted by molar-refractivity contribution is -0.149. The molecule has 0 bridgehead atoms. The number of methoxy groups -OCH3 is 1. The van der Waals surface area contributed by atoms with E-state index in [4.69, 9.17) is 9.15 Å². The Labute approximate surface area is 124 Å². The zero-order chi connectivity index (χ0) is 15.2. The number of likely N-dealkylation sites (N-methyl/N-ethyl adjacent to an activating group) is 1. The van der Waals surface area contributed by atoms with Crippen LogP contribution in [0.5, 0.6) is 0 Å². The van der Waals surface area contributed by atoms with Crippen LogP contribution in [0.15, 0.2) is 22.8 Å². The largest absolute Gasteiger partial charge is 0.468 e. The number of amides is 1. The van der Waals surface area contributed by atoms with Gasteiger partial charge in [-0.05, 0) is 31.5 Å². The predicted octanol–water partition coefficient (Wildman–Crippen LogP) is 1.27. The molecule has 1 aliphatic heterocycles. The Kier molecular flexibility index (Phi) is 5.38. The molecule has 6 nitrogen and oxygen atoms in total. The standard InChI is InChI=1S/C15H22N2O4/c1-16(10-12-6-5-9-21-12)14(18)11-17-8-4-3-7-13(17)15(19)20-2/h5-6,9,13H,3-4,7-8,10-11H2,1-2H3. The van der Waals surface area contributed by atoms with E-state index in [9.17, 15) is 9.59 Å². The molecule has 116 valence electrons. The van der Waals surface area contributed by atoms with E-state index in [-0.39, 0.29) is 24.5 Å². The van der Waals surface area contributed by atoms with Crippen molar-refractivity contribution in [3.63, 3.8) is 0 Å². The molecule has 0 saturated carbocycles. The highest BCUT2D eigenvalue weighted by Crippen LogP contribution is 2.18. The second-order valence-corrected chi connectivity index (χ2v) is 5.33. The number of piperidine rings is 1. The van der Waals surface area contributed by atoms with Gasteiger partial charge in [0.1, 0.15) is 11.8 Å². The maximum Gasteiger partial charge on any atom is 0.323 e. The first kappa shape index (κ1) is 15.6. The summed E-state index contributed by atoms with van der Waals surface area (Å²) in [4.78, 5) is 27.6. The van der Waals surface area contributed by atoms with Crippen LogP contribution < -0.4 is 0 Å². The monoisotopic (exact) mass is 294 g/mol. The Bertz CT molecular complexity index is 472. The van der Waals surface area contributed by atoms with Gasteiger partial charge in [-0.15, -0.1) is 0 Å². The molecule has 1 aromatic rings. The maximum atomic E-state index is 12.3. The summed E-state index contributed by atoms with van der Waals surface area (Å²) in [7, 11) is 3.13. The molecule has 1 amide bonds. The number of carbonyl (C=O) groups is 2. The Morgan fingerprint density at radius 1 is 1.48 bits per heavy atom. The molecule has 2 heterocycles. The van der Waals surface area contributed by atoms with Gasteiger partial charge >= 0.3 is 5.97 Å². The number of carbonyl (C=O) groups excluding carboxylic acids is 2. The summed E-state index contributed by atoms with van der Waals surface area (Å²) in [6.45, 7) is 1.42. The lowest BCUT2D eigenvalue weighted by atomic mass is 10.0. The normalized spacial score (nSPS) is 19.2. The van der Waals surface area contributed by atoms with E-state index in [1.165, 1.54) is 7.11 Å². The van der Waals surface area contributed by atoms with Crippen molar-refractivity contribution >= 4 is 11.9 Å². The third-order valence-corrected chi connectivity index (χ3v) is 3.82. The molecule has 0 spiro atoms. The summed E-state index contributed by atoms with van der Waals surface area (Å²) < 4.78 is 10.1. The quantitative estimate of drug-likeness (QED) is 0.765. The molecule has 1 aliphatic rings. The number of esters is 1. The highest BCUT2D eigenvalue weighted by atomic mass is 16.5. The van der Waals surface area contributed by atoms with Gasteiger partial charge < -0.3 is 14.1 Å². The Morgan fingerprint density at radius 3 is 2.95 bits per heavy atom. The zero-order valence-electron chi connectivity index (χ0n) is 12.6. The Morgan fingerprint density at radius 2 is 2.29 bits per heavy atom. The second-order valence-electron chi connectivity index (χ2n) is 5.33. The fourth-order valence-corrected chi connectivity index (χ4v) is 2.60. The van der Waals surface area contributed by atoms with E-state index in [1.54, 1.807) is 24.3 Å². The number of rotatable bonds is 5. The first-order valence-electron chi connectivity index (χ1n) is 7.20. The molecule has 2 rings (SSSR count). The summed E-state index contributed by atoms with van der Waals surface area (Å²) in [5.41, 5.74) is 0. The van der Waals surface area contributed by atoms with Gasteiger partial charge in [-0.1, -0.05) is 6.42 Å². The SMILES string of the molecule is COC(=O)C1CCCCN1CC(=O)N(C)Cc1ccco1. The van der Waals surface area contributed by atoms with Crippen molar-refractivity contribution in [1.29, 1.82) is 0 Å². The number of hydrogen-bond donors (Lipinski definition) is 0. The molecule has 0 radical (unpaired) electrons. The van der Waals surface area contributed by atoms with E-state index in [1.807, 2.05) is 11.0 Å². The number of likely N-dealkylation sites (tertiary alicyclic amines) is 1. The van der Waals surface area contributed by atoms with Crippen LogP contribution in [-0.4, -0.2) is 55.0 Å². The fraction of sp³-hybridized carbons (Fsp3) is 0.600. The molecule has 6 heteroatoms. The maximum absolute atomic E-state index is 12.3. The van der Waals surface area contributed by atoms with Crippen LogP contribution in [0.1, 0.15) is 25.0 Å². The van der Waals surface area contributed by atoms with Crippen molar-refractivity contribution in [1.82, 2.24) is 9.80 Å². The van der Waals surface area contributed by atoms with Gasteiger partial charge in [-0.25, -0.2) is 0 Å². The predicted molar refractivity (Wildman–Crippen MR) is 76.4 cm³/mol. The summed E-state index contributed by atoms with van der Waals surface area (Å²) in [5.74, 6) is 0.465. The smallest absolute Gasteiger partial charge is 0.323 e. The van der Waals surface area contributed by atoms with Crippen LogP contribution in [-0.2, 0) is 20.9 Å². The van der Waals surface area contributed by atoms with Gasteiger partial charge in [0.2, 0.25) is 5.91 Å². The van der Waals surface area contributed by atoms with Gasteiger partial charge in [0, 0.05) is 7.05 Å². The first-order chi connectivity index (χ1) is 10.1.